The van der Waals surface area contributed by atoms with Gasteiger partial charge >= 0.3 is 0 Å². The summed E-state index contributed by atoms with van der Waals surface area (Å²) in [6.45, 7) is 2.13. The van der Waals surface area contributed by atoms with E-state index in [-0.39, 0.29) is 18.3 Å². The second-order valence-corrected chi connectivity index (χ2v) is 6.08. The van der Waals surface area contributed by atoms with Crippen LogP contribution in [0.25, 0.3) is 0 Å². The molecule has 0 saturated carbocycles. The maximum Gasteiger partial charge on any atom is 0.238 e. The number of likely N-dealkylation sites (tertiary alicyclic amines) is 1. The molecular formula is C15H23BrClN3O. The zero-order valence-corrected chi connectivity index (χ0v) is 14.5. The fourth-order valence-electron chi connectivity index (χ4n) is 2.72. The second-order valence-electron chi connectivity index (χ2n) is 5.23. The van der Waals surface area contributed by atoms with Crippen LogP contribution >= 0.6 is 28.3 Å². The molecule has 1 saturated heterocycles. The van der Waals surface area contributed by atoms with Crippen LogP contribution in [0.4, 0.5) is 5.69 Å². The SMILES string of the molecule is Cl.NCCC1CCCCN1CC(=O)Nc1ccccc1Br. The third-order valence-corrected chi connectivity index (χ3v) is 4.44. The van der Waals surface area contributed by atoms with Gasteiger partial charge in [0, 0.05) is 10.5 Å². The first-order valence-corrected chi connectivity index (χ1v) is 7.98. The zero-order valence-electron chi connectivity index (χ0n) is 12.1. The summed E-state index contributed by atoms with van der Waals surface area (Å²) < 4.78 is 0.908. The molecule has 1 aromatic rings. The summed E-state index contributed by atoms with van der Waals surface area (Å²) >= 11 is 3.44. The number of benzene rings is 1. The number of nitrogens with two attached hydrogens (primary N) is 1. The summed E-state index contributed by atoms with van der Waals surface area (Å²) in [6, 6.07) is 8.13. The summed E-state index contributed by atoms with van der Waals surface area (Å²) in [5.41, 5.74) is 6.49. The summed E-state index contributed by atoms with van der Waals surface area (Å²) in [4.78, 5) is 14.4. The molecule has 3 N–H and O–H groups in total. The number of anilines is 1. The van der Waals surface area contributed by atoms with E-state index in [0.29, 0.717) is 19.1 Å². The van der Waals surface area contributed by atoms with Gasteiger partial charge < -0.3 is 11.1 Å². The first-order valence-electron chi connectivity index (χ1n) is 7.19. The fraction of sp³-hybridized carbons (Fsp3) is 0.533. The second kappa shape index (κ2) is 9.41. The molecule has 1 aliphatic rings. The highest BCUT2D eigenvalue weighted by molar-refractivity contribution is 9.10. The Hall–Kier alpha value is -0.620. The van der Waals surface area contributed by atoms with Crippen LogP contribution in [0.3, 0.4) is 0 Å². The van der Waals surface area contributed by atoms with Gasteiger partial charge in [0.25, 0.3) is 0 Å². The average molecular weight is 377 g/mol. The lowest BCUT2D eigenvalue weighted by Crippen LogP contribution is -2.44. The molecule has 4 nitrogen and oxygen atoms in total. The monoisotopic (exact) mass is 375 g/mol. The number of carbonyl (C=O) groups is 1. The van der Waals surface area contributed by atoms with Gasteiger partial charge in [-0.15, -0.1) is 12.4 Å². The van der Waals surface area contributed by atoms with E-state index in [9.17, 15) is 4.79 Å². The molecule has 6 heteroatoms. The number of halogens is 2. The molecule has 0 bridgehead atoms. The van der Waals surface area contributed by atoms with Crippen molar-refractivity contribution in [3.8, 4) is 0 Å². The molecule has 118 valence electrons. The van der Waals surface area contributed by atoms with Gasteiger partial charge in [-0.2, -0.15) is 0 Å². The predicted octanol–water partition coefficient (Wildman–Crippen LogP) is 3.01. The van der Waals surface area contributed by atoms with Gasteiger partial charge in [0.2, 0.25) is 5.91 Å². The third-order valence-electron chi connectivity index (χ3n) is 3.74. The predicted molar refractivity (Wildman–Crippen MR) is 92.9 cm³/mol. The van der Waals surface area contributed by atoms with Crippen molar-refractivity contribution in [1.82, 2.24) is 4.90 Å². The van der Waals surface area contributed by atoms with Crippen molar-refractivity contribution in [3.63, 3.8) is 0 Å². The Bertz CT molecular complexity index is 456. The van der Waals surface area contributed by atoms with Crippen molar-refractivity contribution in [2.45, 2.75) is 31.7 Å². The number of amides is 1. The summed E-state index contributed by atoms with van der Waals surface area (Å²) in [7, 11) is 0. The van der Waals surface area contributed by atoms with Crippen LogP contribution in [0.5, 0.6) is 0 Å². The van der Waals surface area contributed by atoms with Crippen molar-refractivity contribution in [2.24, 2.45) is 5.73 Å². The van der Waals surface area contributed by atoms with Crippen LogP contribution in [-0.4, -0.2) is 36.5 Å². The third kappa shape index (κ3) is 5.58. The van der Waals surface area contributed by atoms with E-state index < -0.39 is 0 Å². The Labute approximate surface area is 141 Å². The number of rotatable bonds is 5. The van der Waals surface area contributed by atoms with Gasteiger partial charge in [0.15, 0.2) is 0 Å². The van der Waals surface area contributed by atoms with Crippen LogP contribution in [0.15, 0.2) is 28.7 Å². The molecular weight excluding hydrogens is 354 g/mol. The molecule has 1 unspecified atom stereocenters. The first kappa shape index (κ1) is 18.4. The normalized spacial score (nSPS) is 18.9. The van der Waals surface area contributed by atoms with Crippen molar-refractivity contribution in [1.29, 1.82) is 0 Å². The van der Waals surface area contributed by atoms with Crippen LogP contribution in [0.1, 0.15) is 25.7 Å². The van der Waals surface area contributed by atoms with E-state index in [0.717, 1.165) is 29.5 Å². The lowest BCUT2D eigenvalue weighted by atomic mass is 9.99. The number of nitrogens with one attached hydrogen (secondary N) is 1. The number of hydrogen-bond donors (Lipinski definition) is 2. The summed E-state index contributed by atoms with van der Waals surface area (Å²) in [5.74, 6) is 0.0424. The van der Waals surface area contributed by atoms with E-state index in [1.165, 1.54) is 12.8 Å². The van der Waals surface area contributed by atoms with E-state index in [2.05, 4.69) is 26.1 Å². The van der Waals surface area contributed by atoms with Crippen molar-refractivity contribution in [3.05, 3.63) is 28.7 Å². The molecule has 1 aliphatic heterocycles. The van der Waals surface area contributed by atoms with Crippen molar-refractivity contribution >= 4 is 39.9 Å². The molecule has 0 aromatic heterocycles. The number of para-hydroxylation sites is 1. The molecule has 1 amide bonds. The lowest BCUT2D eigenvalue weighted by Gasteiger charge is -2.35. The summed E-state index contributed by atoms with van der Waals surface area (Å²) in [5, 5.41) is 2.96. The Morgan fingerprint density at radius 2 is 2.14 bits per heavy atom. The molecule has 0 radical (unpaired) electrons. The topological polar surface area (TPSA) is 58.4 Å². The molecule has 1 atom stereocenters. The van der Waals surface area contributed by atoms with Gasteiger partial charge in [-0.05, 0) is 60.4 Å². The highest BCUT2D eigenvalue weighted by atomic mass is 79.9. The summed E-state index contributed by atoms with van der Waals surface area (Å²) in [6.07, 6.45) is 4.54. The Kier molecular flexibility index (Phi) is 8.26. The molecule has 1 heterocycles. The highest BCUT2D eigenvalue weighted by Gasteiger charge is 2.23. The molecule has 1 fully saturated rings. The Morgan fingerprint density at radius 3 is 2.86 bits per heavy atom. The number of nitrogens with zero attached hydrogens (tertiary/aromatic N) is 1. The van der Waals surface area contributed by atoms with Crippen molar-refractivity contribution in [2.75, 3.05) is 25.0 Å². The Balaban J connectivity index is 0.00000220. The first-order chi connectivity index (χ1) is 9.70. The molecule has 2 rings (SSSR count). The minimum absolute atomic E-state index is 0. The highest BCUT2D eigenvalue weighted by Crippen LogP contribution is 2.22. The minimum atomic E-state index is 0. The minimum Gasteiger partial charge on any atom is -0.330 e. The van der Waals surface area contributed by atoms with E-state index >= 15 is 0 Å². The average Bonchev–Trinajstić information content (AvgIpc) is 2.44. The van der Waals surface area contributed by atoms with E-state index in [1.807, 2.05) is 24.3 Å². The largest absolute Gasteiger partial charge is 0.330 e. The van der Waals surface area contributed by atoms with Gasteiger partial charge in [-0.25, -0.2) is 0 Å². The van der Waals surface area contributed by atoms with Crippen LogP contribution in [0, 0.1) is 0 Å². The number of carbonyl (C=O) groups excluding carboxylic acids is 1. The van der Waals surface area contributed by atoms with Crippen LogP contribution < -0.4 is 11.1 Å². The fourth-order valence-corrected chi connectivity index (χ4v) is 3.11. The van der Waals surface area contributed by atoms with Crippen LogP contribution in [0.2, 0.25) is 0 Å². The molecule has 1 aromatic carbocycles. The van der Waals surface area contributed by atoms with Gasteiger partial charge in [0.05, 0.1) is 12.2 Å². The van der Waals surface area contributed by atoms with Crippen molar-refractivity contribution < 1.29 is 4.79 Å². The maximum atomic E-state index is 12.2. The number of hydrogen-bond acceptors (Lipinski definition) is 3. The lowest BCUT2D eigenvalue weighted by molar-refractivity contribution is -0.118. The molecule has 0 spiro atoms. The smallest absolute Gasteiger partial charge is 0.238 e. The van der Waals surface area contributed by atoms with Gasteiger partial charge in [-0.3, -0.25) is 9.69 Å². The molecule has 21 heavy (non-hydrogen) atoms. The van der Waals surface area contributed by atoms with Gasteiger partial charge in [-0.1, -0.05) is 18.6 Å². The zero-order chi connectivity index (χ0) is 14.4. The quantitative estimate of drug-likeness (QED) is 0.830. The maximum absolute atomic E-state index is 12.2. The van der Waals surface area contributed by atoms with E-state index in [1.54, 1.807) is 0 Å². The number of piperidine rings is 1. The Morgan fingerprint density at radius 1 is 1.38 bits per heavy atom. The molecule has 0 aliphatic carbocycles. The van der Waals surface area contributed by atoms with Gasteiger partial charge in [0.1, 0.15) is 0 Å². The standard InChI is InChI=1S/C15H22BrN3O.ClH/c16-13-6-1-2-7-14(13)18-15(20)11-19-10-4-3-5-12(19)8-9-17;/h1-2,6-7,12H,3-5,8-11,17H2,(H,18,20);1H. The van der Waals surface area contributed by atoms with Crippen LogP contribution in [-0.2, 0) is 4.79 Å². The van der Waals surface area contributed by atoms with E-state index in [4.69, 9.17) is 5.73 Å².